The number of anilines is 1. The zero-order valence-corrected chi connectivity index (χ0v) is 18.1. The minimum absolute atomic E-state index is 0.0853. The first kappa shape index (κ1) is 21.9. The lowest BCUT2D eigenvalue weighted by Crippen LogP contribution is -2.52. The number of fused-ring (bicyclic) bond motifs is 1. The smallest absolute Gasteiger partial charge is 0.273 e. The molecule has 1 atom stereocenters. The summed E-state index contributed by atoms with van der Waals surface area (Å²) in [7, 11) is 0. The lowest BCUT2D eigenvalue weighted by molar-refractivity contribution is -0.136. The minimum Gasteiger partial charge on any atom is -0.353 e. The SMILES string of the molecule is O=C1CCC(N2Cc3ccc(N4CCN(C(=O)c5ccc(F)c(F)c5)CC4)nc3C2=O)C(=O)N1. The molecule has 4 amide bonds. The molecule has 2 aromatic rings. The largest absolute Gasteiger partial charge is 0.353 e. The van der Waals surface area contributed by atoms with E-state index in [1.165, 1.54) is 11.0 Å². The van der Waals surface area contributed by atoms with Crippen molar-refractivity contribution in [2.24, 2.45) is 0 Å². The number of carbonyl (C=O) groups excluding carboxylic acids is 4. The predicted octanol–water partition coefficient (Wildman–Crippen LogP) is 1.08. The Balaban J connectivity index is 1.25. The predicted molar refractivity (Wildman–Crippen MR) is 115 cm³/mol. The summed E-state index contributed by atoms with van der Waals surface area (Å²) in [6.07, 6.45) is 0.466. The number of imide groups is 1. The van der Waals surface area contributed by atoms with Gasteiger partial charge >= 0.3 is 0 Å². The average Bonchev–Trinajstić information content (AvgIpc) is 3.16. The summed E-state index contributed by atoms with van der Waals surface area (Å²) in [4.78, 5) is 58.7. The van der Waals surface area contributed by atoms with Crippen molar-refractivity contribution in [2.75, 3.05) is 31.1 Å². The van der Waals surface area contributed by atoms with Gasteiger partial charge in [0, 0.05) is 50.3 Å². The number of pyridine rings is 1. The molecule has 4 heterocycles. The van der Waals surface area contributed by atoms with Crippen LogP contribution in [0.5, 0.6) is 0 Å². The van der Waals surface area contributed by atoms with Crippen LogP contribution in [-0.2, 0) is 16.1 Å². The maximum atomic E-state index is 13.5. The van der Waals surface area contributed by atoms with Crippen molar-refractivity contribution in [1.29, 1.82) is 0 Å². The van der Waals surface area contributed by atoms with Crippen LogP contribution in [-0.4, -0.2) is 70.6 Å². The van der Waals surface area contributed by atoms with E-state index in [4.69, 9.17) is 0 Å². The third kappa shape index (κ3) is 3.87. The summed E-state index contributed by atoms with van der Waals surface area (Å²) >= 11 is 0. The van der Waals surface area contributed by atoms with Crippen molar-refractivity contribution >= 4 is 29.4 Å². The van der Waals surface area contributed by atoms with Gasteiger partial charge in [-0.05, 0) is 30.7 Å². The van der Waals surface area contributed by atoms with Gasteiger partial charge in [0.15, 0.2) is 11.6 Å². The molecular formula is C23H21F2N5O4. The maximum absolute atomic E-state index is 13.5. The van der Waals surface area contributed by atoms with Crippen LogP contribution in [0.2, 0.25) is 0 Å². The molecule has 0 saturated carbocycles. The Bertz CT molecular complexity index is 1210. The highest BCUT2D eigenvalue weighted by molar-refractivity contribution is 6.04. The Morgan fingerprint density at radius 3 is 2.47 bits per heavy atom. The normalized spacial score (nSPS) is 20.5. The highest BCUT2D eigenvalue weighted by Gasteiger charge is 2.40. The molecule has 0 aliphatic carbocycles. The fourth-order valence-corrected chi connectivity index (χ4v) is 4.54. The molecule has 9 nitrogen and oxygen atoms in total. The third-order valence-corrected chi connectivity index (χ3v) is 6.41. The number of nitrogens with one attached hydrogen (secondary N) is 1. The zero-order chi connectivity index (χ0) is 24.0. The Morgan fingerprint density at radius 1 is 1.00 bits per heavy atom. The standard InChI is InChI=1S/C23H21F2N5O4/c24-15-3-1-13(11-16(15)25)22(33)29-9-7-28(8-10-29)18-5-2-14-12-30(23(34)20(14)26-18)17-4-6-19(31)27-21(17)32/h1-3,5,11,17H,4,6-10,12H2,(H,27,31,32). The van der Waals surface area contributed by atoms with E-state index in [-0.39, 0.29) is 48.4 Å². The minimum atomic E-state index is -1.07. The highest BCUT2D eigenvalue weighted by Crippen LogP contribution is 2.28. The summed E-state index contributed by atoms with van der Waals surface area (Å²) in [5.41, 5.74) is 1.08. The van der Waals surface area contributed by atoms with Gasteiger partial charge in [0.2, 0.25) is 11.8 Å². The maximum Gasteiger partial charge on any atom is 0.273 e. The number of piperidine rings is 1. The molecule has 0 radical (unpaired) electrons. The molecule has 0 bridgehead atoms. The van der Waals surface area contributed by atoms with E-state index in [1.54, 1.807) is 17.0 Å². The third-order valence-electron chi connectivity index (χ3n) is 6.41. The first-order chi connectivity index (χ1) is 16.3. The first-order valence-electron chi connectivity index (χ1n) is 11.0. The number of carbonyl (C=O) groups is 4. The second kappa shape index (κ2) is 8.47. The molecule has 5 rings (SSSR count). The lowest BCUT2D eigenvalue weighted by atomic mass is 10.0. The van der Waals surface area contributed by atoms with E-state index in [9.17, 15) is 28.0 Å². The molecule has 176 valence electrons. The Morgan fingerprint density at radius 2 is 1.76 bits per heavy atom. The second-order valence-corrected chi connectivity index (χ2v) is 8.49. The summed E-state index contributed by atoms with van der Waals surface area (Å²) in [5, 5.41) is 2.28. The molecule has 0 spiro atoms. The molecule has 3 aliphatic rings. The molecule has 34 heavy (non-hydrogen) atoms. The summed E-state index contributed by atoms with van der Waals surface area (Å²) < 4.78 is 26.6. The summed E-state index contributed by atoms with van der Waals surface area (Å²) in [6, 6.07) is 5.99. The molecule has 3 aliphatic heterocycles. The van der Waals surface area contributed by atoms with E-state index in [0.29, 0.717) is 37.6 Å². The molecule has 1 N–H and O–H groups in total. The molecule has 1 unspecified atom stereocenters. The fraction of sp³-hybridized carbons (Fsp3) is 0.348. The number of nitrogens with zero attached hydrogens (tertiary/aromatic N) is 4. The number of aromatic nitrogens is 1. The average molecular weight is 469 g/mol. The van der Waals surface area contributed by atoms with Gasteiger partial charge in [-0.2, -0.15) is 0 Å². The van der Waals surface area contributed by atoms with Crippen molar-refractivity contribution in [3.8, 4) is 0 Å². The highest BCUT2D eigenvalue weighted by atomic mass is 19.2. The zero-order valence-electron chi connectivity index (χ0n) is 18.1. The number of amides is 4. The van der Waals surface area contributed by atoms with Crippen molar-refractivity contribution in [3.05, 3.63) is 58.8 Å². The van der Waals surface area contributed by atoms with Crippen LogP contribution in [0, 0.1) is 11.6 Å². The van der Waals surface area contributed by atoms with Gasteiger partial charge in [-0.15, -0.1) is 0 Å². The molecular weight excluding hydrogens is 448 g/mol. The number of rotatable bonds is 3. The van der Waals surface area contributed by atoms with Crippen LogP contribution in [0.4, 0.5) is 14.6 Å². The molecule has 1 aromatic carbocycles. The van der Waals surface area contributed by atoms with E-state index < -0.39 is 23.6 Å². The Kier molecular flexibility index (Phi) is 5.46. The van der Waals surface area contributed by atoms with Crippen LogP contribution in [0.25, 0.3) is 0 Å². The number of hydrogen-bond donors (Lipinski definition) is 1. The summed E-state index contributed by atoms with van der Waals surface area (Å²) in [6.45, 7) is 1.86. The fourth-order valence-electron chi connectivity index (χ4n) is 4.54. The molecule has 2 fully saturated rings. The van der Waals surface area contributed by atoms with Gasteiger partial charge in [0.05, 0.1) is 0 Å². The lowest BCUT2D eigenvalue weighted by Gasteiger charge is -2.35. The molecule has 11 heteroatoms. The van der Waals surface area contributed by atoms with Gasteiger partial charge in [0.25, 0.3) is 11.8 Å². The van der Waals surface area contributed by atoms with E-state index in [1.807, 2.05) is 4.90 Å². The topological polar surface area (TPSA) is 103 Å². The van der Waals surface area contributed by atoms with Crippen molar-refractivity contribution in [3.63, 3.8) is 0 Å². The van der Waals surface area contributed by atoms with Crippen molar-refractivity contribution in [2.45, 2.75) is 25.4 Å². The van der Waals surface area contributed by atoms with E-state index >= 15 is 0 Å². The number of benzene rings is 1. The van der Waals surface area contributed by atoms with Gasteiger partial charge in [0.1, 0.15) is 17.6 Å². The summed E-state index contributed by atoms with van der Waals surface area (Å²) in [5.74, 6) is -3.03. The second-order valence-electron chi connectivity index (χ2n) is 8.49. The quantitative estimate of drug-likeness (QED) is 0.675. The van der Waals surface area contributed by atoms with Gasteiger partial charge < -0.3 is 14.7 Å². The van der Waals surface area contributed by atoms with E-state index in [0.717, 1.165) is 12.1 Å². The Labute approximate surface area is 193 Å². The number of piperazine rings is 1. The van der Waals surface area contributed by atoms with Crippen LogP contribution in [0.1, 0.15) is 39.3 Å². The molecule has 2 saturated heterocycles. The van der Waals surface area contributed by atoms with Crippen LogP contribution >= 0.6 is 0 Å². The Hall–Kier alpha value is -3.89. The van der Waals surface area contributed by atoms with Crippen LogP contribution in [0.15, 0.2) is 30.3 Å². The van der Waals surface area contributed by atoms with Crippen molar-refractivity contribution < 1.29 is 28.0 Å². The number of halogens is 2. The van der Waals surface area contributed by atoms with E-state index in [2.05, 4.69) is 10.3 Å². The number of hydrogen-bond acceptors (Lipinski definition) is 6. The van der Waals surface area contributed by atoms with Gasteiger partial charge in [-0.1, -0.05) is 6.07 Å². The van der Waals surface area contributed by atoms with Crippen LogP contribution < -0.4 is 10.2 Å². The first-order valence-corrected chi connectivity index (χ1v) is 11.0. The van der Waals surface area contributed by atoms with Crippen LogP contribution in [0.3, 0.4) is 0 Å². The monoisotopic (exact) mass is 469 g/mol. The van der Waals surface area contributed by atoms with Crippen molar-refractivity contribution in [1.82, 2.24) is 20.1 Å². The van der Waals surface area contributed by atoms with Gasteiger partial charge in [-0.3, -0.25) is 24.5 Å². The van der Waals surface area contributed by atoms with Gasteiger partial charge in [-0.25, -0.2) is 13.8 Å². The molecule has 1 aromatic heterocycles.